The first kappa shape index (κ1) is 18.2. The van der Waals surface area contributed by atoms with Crippen LogP contribution >= 0.6 is 24.0 Å². The van der Waals surface area contributed by atoms with Crippen LogP contribution in [0.1, 0.15) is 0 Å². The maximum atomic E-state index is 11.3. The first-order chi connectivity index (χ1) is 11.7. The maximum Gasteiger partial charge on any atom is 0.238 e. The SMILES string of the molecule is COc1ccc2sc(-c3cncc(NC(=O)CN)c3)nc2c1.CS. The van der Waals surface area contributed by atoms with Crippen molar-refractivity contribution >= 4 is 45.8 Å². The van der Waals surface area contributed by atoms with E-state index in [1.165, 1.54) is 0 Å². The normalized spacial score (nSPS) is 10.0. The lowest BCUT2D eigenvalue weighted by molar-refractivity contribution is -0.114. The maximum absolute atomic E-state index is 11.3. The zero-order valence-electron chi connectivity index (χ0n) is 13.3. The third-order valence-electron chi connectivity index (χ3n) is 3.05. The summed E-state index contributed by atoms with van der Waals surface area (Å²) < 4.78 is 6.27. The van der Waals surface area contributed by atoms with Crippen molar-refractivity contribution in [3.63, 3.8) is 0 Å². The molecule has 0 aliphatic rings. The molecule has 1 amide bonds. The van der Waals surface area contributed by atoms with Gasteiger partial charge in [0.05, 0.1) is 35.8 Å². The number of hydrogen-bond donors (Lipinski definition) is 3. The Morgan fingerprint density at radius 1 is 1.33 bits per heavy atom. The van der Waals surface area contributed by atoms with Gasteiger partial charge < -0.3 is 15.8 Å². The van der Waals surface area contributed by atoms with E-state index in [-0.39, 0.29) is 12.5 Å². The molecular formula is C16H18N4O2S2. The second-order valence-corrected chi connectivity index (χ2v) is 5.60. The summed E-state index contributed by atoms with van der Waals surface area (Å²) in [4.78, 5) is 20.1. The molecule has 0 saturated heterocycles. The van der Waals surface area contributed by atoms with Crippen molar-refractivity contribution < 1.29 is 9.53 Å². The van der Waals surface area contributed by atoms with E-state index in [2.05, 4.69) is 27.9 Å². The number of methoxy groups -OCH3 is 1. The van der Waals surface area contributed by atoms with Gasteiger partial charge in [0.15, 0.2) is 0 Å². The molecule has 0 fully saturated rings. The monoisotopic (exact) mass is 362 g/mol. The molecule has 2 aromatic heterocycles. The highest BCUT2D eigenvalue weighted by molar-refractivity contribution is 7.79. The van der Waals surface area contributed by atoms with Crippen molar-refractivity contribution in [2.45, 2.75) is 0 Å². The van der Waals surface area contributed by atoms with Crippen LogP contribution in [0.15, 0.2) is 36.7 Å². The molecule has 0 aliphatic carbocycles. The average molecular weight is 362 g/mol. The van der Waals surface area contributed by atoms with Crippen LogP contribution in [0.5, 0.6) is 5.75 Å². The molecule has 1 aromatic carbocycles. The fraction of sp³-hybridized carbons (Fsp3) is 0.188. The van der Waals surface area contributed by atoms with Gasteiger partial charge in [-0.2, -0.15) is 12.6 Å². The quantitative estimate of drug-likeness (QED) is 0.621. The summed E-state index contributed by atoms with van der Waals surface area (Å²) in [6.07, 6.45) is 4.99. The molecule has 0 atom stereocenters. The van der Waals surface area contributed by atoms with Crippen LogP contribution in [0.4, 0.5) is 5.69 Å². The summed E-state index contributed by atoms with van der Waals surface area (Å²) in [6, 6.07) is 7.60. The lowest BCUT2D eigenvalue weighted by atomic mass is 10.2. The number of pyridine rings is 1. The number of nitrogens with two attached hydrogens (primary N) is 1. The van der Waals surface area contributed by atoms with Gasteiger partial charge >= 0.3 is 0 Å². The zero-order chi connectivity index (χ0) is 17.5. The number of hydrogen-bond acceptors (Lipinski definition) is 7. The summed E-state index contributed by atoms with van der Waals surface area (Å²) >= 11 is 5.09. The number of carbonyl (C=O) groups is 1. The van der Waals surface area contributed by atoms with Crippen molar-refractivity contribution in [3.8, 4) is 16.3 Å². The van der Waals surface area contributed by atoms with Gasteiger partial charge in [-0.1, -0.05) is 0 Å². The average Bonchev–Trinajstić information content (AvgIpc) is 3.06. The van der Waals surface area contributed by atoms with Crippen LogP contribution in [0.25, 0.3) is 20.8 Å². The van der Waals surface area contributed by atoms with Gasteiger partial charge in [-0.05, 0) is 24.5 Å². The highest BCUT2D eigenvalue weighted by atomic mass is 32.1. The van der Waals surface area contributed by atoms with E-state index in [9.17, 15) is 4.79 Å². The van der Waals surface area contributed by atoms with Crippen molar-refractivity contribution in [3.05, 3.63) is 36.7 Å². The number of thiazole rings is 1. The third-order valence-corrected chi connectivity index (χ3v) is 4.13. The predicted octanol–water partition coefficient (Wildman–Crippen LogP) is 2.81. The van der Waals surface area contributed by atoms with Gasteiger partial charge in [-0.15, -0.1) is 11.3 Å². The fourth-order valence-corrected chi connectivity index (χ4v) is 2.92. The number of ether oxygens (including phenoxy) is 1. The Kier molecular flexibility index (Phi) is 6.53. The Labute approximate surface area is 149 Å². The molecular weight excluding hydrogens is 344 g/mol. The van der Waals surface area contributed by atoms with Crippen LogP contribution in [-0.4, -0.2) is 35.8 Å². The molecule has 3 rings (SSSR count). The molecule has 0 aliphatic heterocycles. The minimum absolute atomic E-state index is 0.0643. The van der Waals surface area contributed by atoms with Crippen molar-refractivity contribution in [2.24, 2.45) is 5.73 Å². The number of anilines is 1. The Morgan fingerprint density at radius 3 is 2.83 bits per heavy atom. The number of nitrogens with one attached hydrogen (secondary N) is 1. The predicted molar refractivity (Wildman–Crippen MR) is 102 cm³/mol. The number of nitrogens with zero attached hydrogens (tertiary/aromatic N) is 2. The Balaban J connectivity index is 0.00000100. The zero-order valence-corrected chi connectivity index (χ0v) is 15.0. The van der Waals surface area contributed by atoms with Crippen molar-refractivity contribution in [2.75, 3.05) is 25.2 Å². The molecule has 0 bridgehead atoms. The number of amides is 1. The Morgan fingerprint density at radius 2 is 2.12 bits per heavy atom. The van der Waals surface area contributed by atoms with Crippen LogP contribution in [0.2, 0.25) is 0 Å². The highest BCUT2D eigenvalue weighted by Crippen LogP contribution is 2.32. The van der Waals surface area contributed by atoms with Gasteiger partial charge in [-0.25, -0.2) is 4.98 Å². The summed E-state index contributed by atoms with van der Waals surface area (Å²) in [5.41, 5.74) is 7.61. The highest BCUT2D eigenvalue weighted by Gasteiger charge is 2.09. The minimum atomic E-state index is -0.256. The van der Waals surface area contributed by atoms with E-state index < -0.39 is 0 Å². The molecule has 0 radical (unpaired) electrons. The summed E-state index contributed by atoms with van der Waals surface area (Å²) in [7, 11) is 1.63. The van der Waals surface area contributed by atoms with Crippen LogP contribution in [0.3, 0.4) is 0 Å². The molecule has 24 heavy (non-hydrogen) atoms. The van der Waals surface area contributed by atoms with E-state index in [4.69, 9.17) is 10.5 Å². The smallest absolute Gasteiger partial charge is 0.238 e. The first-order valence-electron chi connectivity index (χ1n) is 7.04. The fourth-order valence-electron chi connectivity index (χ4n) is 1.99. The minimum Gasteiger partial charge on any atom is -0.497 e. The number of rotatable bonds is 4. The Bertz CT molecular complexity index is 836. The Hall–Kier alpha value is -2.16. The van der Waals surface area contributed by atoms with Gasteiger partial charge in [-0.3, -0.25) is 9.78 Å². The molecule has 2 heterocycles. The first-order valence-corrected chi connectivity index (χ1v) is 8.75. The number of thiol groups is 1. The second kappa shape index (κ2) is 8.62. The topological polar surface area (TPSA) is 90.1 Å². The van der Waals surface area contributed by atoms with E-state index in [0.717, 1.165) is 26.5 Å². The van der Waals surface area contributed by atoms with Crippen molar-refractivity contribution in [1.82, 2.24) is 9.97 Å². The van der Waals surface area contributed by atoms with Crippen LogP contribution < -0.4 is 15.8 Å². The molecule has 0 saturated carbocycles. The lowest BCUT2D eigenvalue weighted by Crippen LogP contribution is -2.21. The summed E-state index contributed by atoms with van der Waals surface area (Å²) in [5, 5.41) is 3.52. The largest absolute Gasteiger partial charge is 0.497 e. The van der Waals surface area contributed by atoms with Gasteiger partial charge in [0.2, 0.25) is 5.91 Å². The molecule has 0 unspecified atom stereocenters. The van der Waals surface area contributed by atoms with Crippen LogP contribution in [-0.2, 0) is 4.79 Å². The van der Waals surface area contributed by atoms with E-state index in [1.807, 2.05) is 24.3 Å². The standard InChI is InChI=1S/C15H14N4O2S.CH4S/c1-21-11-2-3-13-12(5-11)19-15(22-13)9-4-10(8-17-7-9)18-14(20)6-16;1-2/h2-5,7-8H,6,16H2,1H3,(H,18,20);2H,1H3. The molecule has 126 valence electrons. The summed E-state index contributed by atoms with van der Waals surface area (Å²) in [6.45, 7) is -0.0643. The second-order valence-electron chi connectivity index (χ2n) is 4.57. The molecule has 3 N–H and O–H groups in total. The van der Waals surface area contributed by atoms with E-state index in [1.54, 1.807) is 37.1 Å². The van der Waals surface area contributed by atoms with E-state index in [0.29, 0.717) is 5.69 Å². The number of carbonyl (C=O) groups excluding carboxylic acids is 1. The van der Waals surface area contributed by atoms with E-state index >= 15 is 0 Å². The molecule has 6 nitrogen and oxygen atoms in total. The van der Waals surface area contributed by atoms with Gasteiger partial charge in [0.1, 0.15) is 10.8 Å². The number of aromatic nitrogens is 2. The molecule has 3 aromatic rings. The van der Waals surface area contributed by atoms with Crippen molar-refractivity contribution in [1.29, 1.82) is 0 Å². The summed E-state index contributed by atoms with van der Waals surface area (Å²) in [5.74, 6) is 0.513. The number of benzene rings is 1. The number of fused-ring (bicyclic) bond motifs is 1. The van der Waals surface area contributed by atoms with Gasteiger partial charge in [0.25, 0.3) is 0 Å². The molecule has 0 spiro atoms. The lowest BCUT2D eigenvalue weighted by Gasteiger charge is -2.03. The third kappa shape index (κ3) is 4.22. The van der Waals surface area contributed by atoms with Gasteiger partial charge in [0, 0.05) is 17.8 Å². The molecule has 8 heteroatoms. The van der Waals surface area contributed by atoms with Crippen LogP contribution in [0, 0.1) is 0 Å².